The van der Waals surface area contributed by atoms with E-state index < -0.39 is 17.5 Å². The first-order valence-corrected chi connectivity index (χ1v) is 6.52. The smallest absolute Gasteiger partial charge is 0.266 e. The summed E-state index contributed by atoms with van der Waals surface area (Å²) in [6.07, 6.45) is 1.04. The number of amides is 1. The van der Waals surface area contributed by atoms with Gasteiger partial charge in [-0.15, -0.1) is 0 Å². The Morgan fingerprint density at radius 3 is 2.59 bits per heavy atom. The number of carbonyl (C=O) groups excluding carboxylic acids is 1. The van der Waals surface area contributed by atoms with Crippen molar-refractivity contribution in [3.63, 3.8) is 0 Å². The van der Waals surface area contributed by atoms with Crippen molar-refractivity contribution >= 4 is 29.3 Å². The Labute approximate surface area is 130 Å². The molecule has 0 radical (unpaired) electrons. The van der Waals surface area contributed by atoms with Gasteiger partial charge in [0.2, 0.25) is 0 Å². The van der Waals surface area contributed by atoms with E-state index in [9.17, 15) is 13.6 Å². The average molecular weight is 319 g/mol. The molecule has 0 unspecified atom stereocenters. The number of benzene rings is 2. The van der Waals surface area contributed by atoms with E-state index in [1.807, 2.05) is 0 Å². The highest BCUT2D eigenvalue weighted by Gasteiger charge is 2.12. The second kappa shape index (κ2) is 6.83. The number of hydrogen-bond donors (Lipinski definition) is 1. The summed E-state index contributed by atoms with van der Waals surface area (Å²) >= 11 is 5.90. The van der Waals surface area contributed by atoms with E-state index in [-0.39, 0.29) is 11.1 Å². The molecule has 0 bridgehead atoms. The number of nitrogens with zero attached hydrogens (tertiary/aromatic N) is 1. The Kier molecular flexibility index (Phi) is 4.87. The zero-order chi connectivity index (χ0) is 16.1. The van der Waals surface area contributed by atoms with Crippen LogP contribution in [0.15, 0.2) is 48.0 Å². The predicted octanol–water partition coefficient (Wildman–Crippen LogP) is 4.16. The Hall–Kier alpha value is -2.71. The van der Waals surface area contributed by atoms with Gasteiger partial charge < -0.3 is 5.32 Å². The molecular formula is C16H9ClF2N2O. The number of rotatable bonds is 3. The van der Waals surface area contributed by atoms with Crippen LogP contribution < -0.4 is 5.32 Å². The highest BCUT2D eigenvalue weighted by atomic mass is 35.5. The molecule has 0 saturated carbocycles. The fourth-order valence-electron chi connectivity index (χ4n) is 1.67. The van der Waals surface area contributed by atoms with Gasteiger partial charge in [-0.2, -0.15) is 5.26 Å². The lowest BCUT2D eigenvalue weighted by atomic mass is 10.1. The molecule has 2 aromatic carbocycles. The maximum absolute atomic E-state index is 13.6. The lowest BCUT2D eigenvalue weighted by Crippen LogP contribution is -2.13. The van der Waals surface area contributed by atoms with Gasteiger partial charge in [-0.1, -0.05) is 23.7 Å². The molecule has 0 atom stereocenters. The topological polar surface area (TPSA) is 52.9 Å². The van der Waals surface area contributed by atoms with Crippen LogP contribution in [0.5, 0.6) is 0 Å². The van der Waals surface area contributed by atoms with Crippen LogP contribution in [-0.4, -0.2) is 5.91 Å². The van der Waals surface area contributed by atoms with E-state index in [4.69, 9.17) is 16.9 Å². The van der Waals surface area contributed by atoms with Crippen molar-refractivity contribution < 1.29 is 13.6 Å². The number of nitriles is 1. The van der Waals surface area contributed by atoms with E-state index >= 15 is 0 Å². The van der Waals surface area contributed by atoms with Crippen LogP contribution in [0, 0.1) is 23.0 Å². The summed E-state index contributed by atoms with van der Waals surface area (Å²) in [5.74, 6) is -2.34. The average Bonchev–Trinajstić information content (AvgIpc) is 2.49. The normalized spacial score (nSPS) is 10.9. The zero-order valence-electron chi connectivity index (χ0n) is 11.1. The molecule has 3 nitrogen and oxygen atoms in total. The standard InChI is InChI=1S/C16H9ClF2N2O/c17-13-3-1-2-4-15(13)21-16(22)11(9-20)7-10-5-6-12(18)8-14(10)19/h1-8H,(H,21,22)/b11-7+. The Morgan fingerprint density at radius 1 is 1.23 bits per heavy atom. The molecule has 6 heteroatoms. The third-order valence-electron chi connectivity index (χ3n) is 2.75. The van der Waals surface area contributed by atoms with Crippen molar-refractivity contribution in [1.82, 2.24) is 0 Å². The summed E-state index contributed by atoms with van der Waals surface area (Å²) in [5, 5.41) is 11.8. The molecule has 0 spiro atoms. The van der Waals surface area contributed by atoms with Gasteiger partial charge in [0.1, 0.15) is 23.3 Å². The third-order valence-corrected chi connectivity index (χ3v) is 3.08. The van der Waals surface area contributed by atoms with Crippen molar-refractivity contribution in [3.05, 3.63) is 70.3 Å². The van der Waals surface area contributed by atoms with Gasteiger partial charge in [0.15, 0.2) is 0 Å². The fourth-order valence-corrected chi connectivity index (χ4v) is 1.86. The molecule has 0 heterocycles. The molecule has 0 aliphatic rings. The van der Waals surface area contributed by atoms with E-state index in [2.05, 4.69) is 5.32 Å². The fraction of sp³-hybridized carbons (Fsp3) is 0. The van der Waals surface area contributed by atoms with E-state index in [1.165, 1.54) is 0 Å². The zero-order valence-corrected chi connectivity index (χ0v) is 11.9. The molecule has 110 valence electrons. The third kappa shape index (κ3) is 3.68. The Morgan fingerprint density at radius 2 is 1.95 bits per heavy atom. The summed E-state index contributed by atoms with van der Waals surface area (Å²) in [7, 11) is 0. The molecule has 0 aliphatic carbocycles. The van der Waals surface area contributed by atoms with E-state index in [0.29, 0.717) is 16.8 Å². The second-order valence-corrected chi connectivity index (χ2v) is 4.68. The molecule has 0 aromatic heterocycles. The molecule has 0 fully saturated rings. The molecule has 1 amide bonds. The predicted molar refractivity (Wildman–Crippen MR) is 80.0 cm³/mol. The van der Waals surface area contributed by atoms with Crippen LogP contribution in [0.1, 0.15) is 5.56 Å². The Balaban J connectivity index is 2.28. The monoisotopic (exact) mass is 318 g/mol. The van der Waals surface area contributed by atoms with Crippen molar-refractivity contribution in [2.75, 3.05) is 5.32 Å². The molecule has 22 heavy (non-hydrogen) atoms. The van der Waals surface area contributed by atoms with Gasteiger partial charge in [0.25, 0.3) is 5.91 Å². The second-order valence-electron chi connectivity index (χ2n) is 4.27. The van der Waals surface area contributed by atoms with Crippen LogP contribution >= 0.6 is 11.6 Å². The number of nitrogens with one attached hydrogen (secondary N) is 1. The van der Waals surface area contributed by atoms with Crippen molar-refractivity contribution in [2.45, 2.75) is 0 Å². The summed E-state index contributed by atoms with van der Waals surface area (Å²) in [6, 6.07) is 11.0. The van der Waals surface area contributed by atoms with Gasteiger partial charge in [-0.3, -0.25) is 4.79 Å². The molecule has 2 aromatic rings. The largest absolute Gasteiger partial charge is 0.320 e. The summed E-state index contributed by atoms with van der Waals surface area (Å²) in [4.78, 5) is 12.0. The molecule has 1 N–H and O–H groups in total. The van der Waals surface area contributed by atoms with Crippen molar-refractivity contribution in [2.24, 2.45) is 0 Å². The first kappa shape index (κ1) is 15.7. The van der Waals surface area contributed by atoms with Gasteiger partial charge in [-0.05, 0) is 30.3 Å². The number of halogens is 3. The summed E-state index contributed by atoms with van der Waals surface area (Å²) < 4.78 is 26.4. The van der Waals surface area contributed by atoms with Gasteiger partial charge in [0, 0.05) is 11.6 Å². The van der Waals surface area contributed by atoms with E-state index in [1.54, 1.807) is 30.3 Å². The van der Waals surface area contributed by atoms with Crippen molar-refractivity contribution in [3.8, 4) is 6.07 Å². The lowest BCUT2D eigenvalue weighted by molar-refractivity contribution is -0.112. The molecule has 2 rings (SSSR count). The van der Waals surface area contributed by atoms with Crippen LogP contribution in [0.3, 0.4) is 0 Å². The number of anilines is 1. The summed E-state index contributed by atoms with van der Waals surface area (Å²) in [6.45, 7) is 0. The number of para-hydroxylation sites is 1. The first-order chi connectivity index (χ1) is 10.5. The van der Waals surface area contributed by atoms with Crippen molar-refractivity contribution in [1.29, 1.82) is 5.26 Å². The first-order valence-electron chi connectivity index (χ1n) is 6.14. The lowest BCUT2D eigenvalue weighted by Gasteiger charge is -2.06. The van der Waals surface area contributed by atoms with Gasteiger partial charge in [-0.25, -0.2) is 8.78 Å². The maximum atomic E-state index is 13.6. The van der Waals surface area contributed by atoms with Crippen LogP contribution in [0.25, 0.3) is 6.08 Å². The molecule has 0 saturated heterocycles. The highest BCUT2D eigenvalue weighted by molar-refractivity contribution is 6.34. The maximum Gasteiger partial charge on any atom is 0.266 e. The minimum Gasteiger partial charge on any atom is -0.320 e. The molecule has 0 aliphatic heterocycles. The van der Waals surface area contributed by atoms with Crippen LogP contribution in [0.2, 0.25) is 5.02 Å². The van der Waals surface area contributed by atoms with E-state index in [0.717, 1.165) is 18.2 Å². The SMILES string of the molecule is N#C/C(=C\c1ccc(F)cc1F)C(=O)Nc1ccccc1Cl. The minimum absolute atomic E-state index is 0.0627. The molecular weight excluding hydrogens is 310 g/mol. The van der Waals surface area contributed by atoms with Crippen LogP contribution in [-0.2, 0) is 4.79 Å². The quantitative estimate of drug-likeness (QED) is 0.682. The Bertz CT molecular complexity index is 797. The number of carbonyl (C=O) groups is 1. The highest BCUT2D eigenvalue weighted by Crippen LogP contribution is 2.21. The van der Waals surface area contributed by atoms with Crippen LogP contribution in [0.4, 0.5) is 14.5 Å². The van der Waals surface area contributed by atoms with Gasteiger partial charge >= 0.3 is 0 Å². The number of hydrogen-bond acceptors (Lipinski definition) is 2. The van der Waals surface area contributed by atoms with Gasteiger partial charge in [0.05, 0.1) is 10.7 Å². The minimum atomic E-state index is -0.863. The summed E-state index contributed by atoms with van der Waals surface area (Å²) in [5.41, 5.74) is -0.0624.